The van der Waals surface area contributed by atoms with Gasteiger partial charge in [-0.05, 0) is 47.5 Å². The first kappa shape index (κ1) is 17.7. The molecule has 0 saturated heterocycles. The lowest BCUT2D eigenvalue weighted by Gasteiger charge is -2.26. The molecule has 2 nitrogen and oxygen atoms in total. The highest BCUT2D eigenvalue weighted by molar-refractivity contribution is 6.31. The van der Waals surface area contributed by atoms with E-state index in [0.29, 0.717) is 13.1 Å². The molecule has 0 aliphatic rings. The lowest BCUT2D eigenvalue weighted by atomic mass is 10.1. The van der Waals surface area contributed by atoms with Gasteiger partial charge in [-0.1, -0.05) is 59.6 Å². The maximum Gasteiger partial charge on any atom is 0.119 e. The van der Waals surface area contributed by atoms with Gasteiger partial charge in [0.2, 0.25) is 0 Å². The standard InChI is InChI=1S/C21H19Cl2NO/c1-25-19-12-10-18(11-13-19)24(14-16-6-2-4-8-20(16)22)15-17-7-3-5-9-21(17)23/h2-13H,14-15H2,1H3. The van der Waals surface area contributed by atoms with Gasteiger partial charge >= 0.3 is 0 Å². The molecule has 0 spiro atoms. The second kappa shape index (κ2) is 8.28. The van der Waals surface area contributed by atoms with Crippen molar-refractivity contribution in [3.05, 3.63) is 94.0 Å². The lowest BCUT2D eigenvalue weighted by Crippen LogP contribution is -2.22. The number of nitrogens with zero attached hydrogens (tertiary/aromatic N) is 1. The molecule has 0 aliphatic heterocycles. The normalized spacial score (nSPS) is 10.5. The van der Waals surface area contributed by atoms with E-state index in [4.69, 9.17) is 27.9 Å². The zero-order valence-electron chi connectivity index (χ0n) is 14.0. The molecule has 0 unspecified atom stereocenters. The van der Waals surface area contributed by atoms with Gasteiger partial charge in [-0.3, -0.25) is 0 Å². The summed E-state index contributed by atoms with van der Waals surface area (Å²) in [6.45, 7) is 1.38. The van der Waals surface area contributed by atoms with Crippen molar-refractivity contribution in [2.24, 2.45) is 0 Å². The Balaban J connectivity index is 1.92. The fraction of sp³-hybridized carbons (Fsp3) is 0.143. The summed E-state index contributed by atoms with van der Waals surface area (Å²) in [5, 5.41) is 1.53. The van der Waals surface area contributed by atoms with Gasteiger partial charge in [-0.2, -0.15) is 0 Å². The van der Waals surface area contributed by atoms with E-state index in [0.717, 1.165) is 32.6 Å². The van der Waals surface area contributed by atoms with Crippen molar-refractivity contribution in [1.82, 2.24) is 0 Å². The van der Waals surface area contributed by atoms with Gasteiger partial charge in [0.1, 0.15) is 5.75 Å². The maximum absolute atomic E-state index is 6.36. The van der Waals surface area contributed by atoms with Crippen molar-refractivity contribution >= 4 is 28.9 Å². The molecular weight excluding hydrogens is 353 g/mol. The quantitative estimate of drug-likeness (QED) is 0.510. The topological polar surface area (TPSA) is 12.5 Å². The molecule has 0 fully saturated rings. The molecule has 128 valence electrons. The average molecular weight is 372 g/mol. The summed E-state index contributed by atoms with van der Waals surface area (Å²) in [5.74, 6) is 0.833. The molecule has 0 heterocycles. The van der Waals surface area contributed by atoms with Crippen LogP contribution < -0.4 is 9.64 Å². The van der Waals surface area contributed by atoms with Gasteiger partial charge in [0.25, 0.3) is 0 Å². The number of ether oxygens (including phenoxy) is 1. The van der Waals surface area contributed by atoms with Crippen molar-refractivity contribution < 1.29 is 4.74 Å². The number of methoxy groups -OCH3 is 1. The number of benzene rings is 3. The van der Waals surface area contributed by atoms with E-state index in [-0.39, 0.29) is 0 Å². The highest BCUT2D eigenvalue weighted by Gasteiger charge is 2.12. The Morgan fingerprint density at radius 3 is 1.64 bits per heavy atom. The highest BCUT2D eigenvalue weighted by atomic mass is 35.5. The van der Waals surface area contributed by atoms with E-state index in [9.17, 15) is 0 Å². The van der Waals surface area contributed by atoms with Crippen molar-refractivity contribution in [1.29, 1.82) is 0 Å². The first-order valence-corrected chi connectivity index (χ1v) is 8.79. The summed E-state index contributed by atoms with van der Waals surface area (Å²) in [6.07, 6.45) is 0. The minimum absolute atomic E-state index is 0.692. The lowest BCUT2D eigenvalue weighted by molar-refractivity contribution is 0.415. The molecule has 0 radical (unpaired) electrons. The van der Waals surface area contributed by atoms with E-state index in [1.807, 2.05) is 72.8 Å². The molecule has 3 aromatic carbocycles. The zero-order valence-corrected chi connectivity index (χ0v) is 15.5. The van der Waals surface area contributed by atoms with Crippen LogP contribution >= 0.6 is 23.2 Å². The summed E-state index contributed by atoms with van der Waals surface area (Å²) < 4.78 is 5.26. The van der Waals surface area contributed by atoms with Gasteiger partial charge in [-0.15, -0.1) is 0 Å². The third-order valence-electron chi connectivity index (χ3n) is 4.08. The average Bonchev–Trinajstić information content (AvgIpc) is 2.65. The predicted octanol–water partition coefficient (Wildman–Crippen LogP) is 6.21. The van der Waals surface area contributed by atoms with E-state index >= 15 is 0 Å². The van der Waals surface area contributed by atoms with Crippen LogP contribution in [0.3, 0.4) is 0 Å². The fourth-order valence-electron chi connectivity index (χ4n) is 2.70. The number of halogens is 2. The van der Waals surface area contributed by atoms with Gasteiger partial charge in [0, 0.05) is 28.8 Å². The molecule has 0 bridgehead atoms. The third kappa shape index (κ3) is 4.47. The molecule has 3 rings (SSSR count). The van der Waals surface area contributed by atoms with Crippen molar-refractivity contribution in [3.63, 3.8) is 0 Å². The first-order valence-electron chi connectivity index (χ1n) is 8.03. The van der Waals surface area contributed by atoms with E-state index in [2.05, 4.69) is 4.90 Å². The second-order valence-corrected chi connectivity index (χ2v) is 6.55. The summed E-state index contributed by atoms with van der Waals surface area (Å²) in [5.41, 5.74) is 3.24. The Kier molecular flexibility index (Phi) is 5.85. The summed E-state index contributed by atoms with van der Waals surface area (Å²) in [4.78, 5) is 2.25. The smallest absolute Gasteiger partial charge is 0.119 e. The third-order valence-corrected chi connectivity index (χ3v) is 4.81. The summed E-state index contributed by atoms with van der Waals surface area (Å²) in [6, 6.07) is 23.8. The molecule has 0 amide bonds. The zero-order chi connectivity index (χ0) is 17.6. The molecule has 0 atom stereocenters. The number of hydrogen-bond donors (Lipinski definition) is 0. The van der Waals surface area contributed by atoms with Gasteiger partial charge < -0.3 is 9.64 Å². The van der Waals surface area contributed by atoms with Crippen LogP contribution in [0.1, 0.15) is 11.1 Å². The maximum atomic E-state index is 6.36. The minimum Gasteiger partial charge on any atom is -0.497 e. The monoisotopic (exact) mass is 371 g/mol. The Morgan fingerprint density at radius 2 is 1.20 bits per heavy atom. The van der Waals surface area contributed by atoms with E-state index in [1.165, 1.54) is 0 Å². The number of anilines is 1. The highest BCUT2D eigenvalue weighted by Crippen LogP contribution is 2.27. The molecule has 3 aromatic rings. The number of hydrogen-bond acceptors (Lipinski definition) is 2. The molecule has 0 saturated carbocycles. The fourth-order valence-corrected chi connectivity index (χ4v) is 3.09. The molecule has 0 N–H and O–H groups in total. The largest absolute Gasteiger partial charge is 0.497 e. The second-order valence-electron chi connectivity index (χ2n) is 5.74. The van der Waals surface area contributed by atoms with Crippen LogP contribution in [0.4, 0.5) is 5.69 Å². The molecule has 0 aliphatic carbocycles. The Labute approximate surface area is 158 Å². The van der Waals surface area contributed by atoms with Crippen molar-refractivity contribution in [3.8, 4) is 5.75 Å². The molecule has 25 heavy (non-hydrogen) atoms. The first-order chi connectivity index (χ1) is 12.2. The molecule has 4 heteroatoms. The van der Waals surface area contributed by atoms with Crippen molar-refractivity contribution in [2.45, 2.75) is 13.1 Å². The van der Waals surface area contributed by atoms with Crippen LogP contribution in [-0.4, -0.2) is 7.11 Å². The van der Waals surface area contributed by atoms with Crippen LogP contribution in [0, 0.1) is 0 Å². The summed E-state index contributed by atoms with van der Waals surface area (Å²) >= 11 is 12.7. The van der Waals surface area contributed by atoms with Crippen LogP contribution in [0.15, 0.2) is 72.8 Å². The van der Waals surface area contributed by atoms with Crippen LogP contribution in [-0.2, 0) is 13.1 Å². The Bertz CT molecular complexity index is 786. The van der Waals surface area contributed by atoms with Crippen LogP contribution in [0.25, 0.3) is 0 Å². The van der Waals surface area contributed by atoms with Crippen molar-refractivity contribution in [2.75, 3.05) is 12.0 Å². The molecular formula is C21H19Cl2NO. The Hall–Kier alpha value is -2.16. The van der Waals surface area contributed by atoms with E-state index < -0.39 is 0 Å². The van der Waals surface area contributed by atoms with Crippen LogP contribution in [0.2, 0.25) is 10.0 Å². The SMILES string of the molecule is COc1ccc(N(Cc2ccccc2Cl)Cc2ccccc2Cl)cc1. The minimum atomic E-state index is 0.692. The van der Waals surface area contributed by atoms with E-state index in [1.54, 1.807) is 7.11 Å². The predicted molar refractivity (Wildman–Crippen MR) is 106 cm³/mol. The Morgan fingerprint density at radius 1 is 0.720 bits per heavy atom. The van der Waals surface area contributed by atoms with Gasteiger partial charge in [0.15, 0.2) is 0 Å². The summed E-state index contributed by atoms with van der Waals surface area (Å²) in [7, 11) is 1.67. The molecule has 0 aromatic heterocycles. The number of rotatable bonds is 6. The van der Waals surface area contributed by atoms with Crippen LogP contribution in [0.5, 0.6) is 5.75 Å². The van der Waals surface area contributed by atoms with Gasteiger partial charge in [-0.25, -0.2) is 0 Å². The van der Waals surface area contributed by atoms with Gasteiger partial charge in [0.05, 0.1) is 7.11 Å².